The minimum Gasteiger partial charge on any atom is -0.327 e. The van der Waals surface area contributed by atoms with E-state index in [4.69, 9.17) is 5.73 Å². The Labute approximate surface area is 72.9 Å². The minimum absolute atomic E-state index is 0.637. The van der Waals surface area contributed by atoms with Gasteiger partial charge in [-0.15, -0.1) is 0 Å². The quantitative estimate of drug-likeness (QED) is 0.675. The minimum atomic E-state index is 0.637. The van der Waals surface area contributed by atoms with Crippen LogP contribution in [-0.2, 0) is 13.5 Å². The molecule has 0 unspecified atom stereocenters. The van der Waals surface area contributed by atoms with Crippen LogP contribution >= 0.6 is 0 Å². The summed E-state index contributed by atoms with van der Waals surface area (Å²) >= 11 is 0. The van der Waals surface area contributed by atoms with Crippen molar-refractivity contribution in [2.24, 2.45) is 12.8 Å². The third-order valence-electron chi connectivity index (χ3n) is 1.90. The van der Waals surface area contributed by atoms with Crippen LogP contribution in [0.1, 0.15) is 12.6 Å². The molecule has 66 valence electrons. The fourth-order valence-electron chi connectivity index (χ4n) is 0.964. The summed E-state index contributed by atoms with van der Waals surface area (Å²) in [5.41, 5.74) is 7.89. The molecule has 0 aliphatic carbocycles. The predicted octanol–water partition coefficient (Wildman–Crippen LogP) is 0.868. The topological polar surface area (TPSA) is 43.8 Å². The van der Waals surface area contributed by atoms with Crippen LogP contribution < -0.4 is 5.73 Å². The van der Waals surface area contributed by atoms with E-state index < -0.39 is 0 Å². The molecule has 0 aliphatic heterocycles. The Bertz CT molecular complexity index is 273. The van der Waals surface area contributed by atoms with Gasteiger partial charge in [-0.05, 0) is 13.0 Å². The molecular formula is C9H15N3. The third-order valence-corrected chi connectivity index (χ3v) is 1.90. The Morgan fingerprint density at radius 2 is 2.50 bits per heavy atom. The number of hydrogen-bond acceptors (Lipinski definition) is 2. The largest absolute Gasteiger partial charge is 0.327 e. The molecule has 3 nitrogen and oxygen atoms in total. The maximum Gasteiger partial charge on any atom is 0.0492 e. The SMILES string of the molecule is CC(=CCc1ccnn1C)CN. The molecule has 0 saturated heterocycles. The standard InChI is InChI=1S/C9H15N3/c1-8(7-10)3-4-9-5-6-11-12(9)2/h3,5-6H,4,7,10H2,1-2H3. The van der Waals surface area contributed by atoms with Gasteiger partial charge in [0, 0.05) is 31.9 Å². The van der Waals surface area contributed by atoms with Gasteiger partial charge in [-0.3, -0.25) is 4.68 Å². The molecule has 1 rings (SSSR count). The zero-order valence-corrected chi connectivity index (χ0v) is 7.62. The number of nitrogens with zero attached hydrogens (tertiary/aromatic N) is 2. The van der Waals surface area contributed by atoms with Crippen molar-refractivity contribution in [2.45, 2.75) is 13.3 Å². The maximum atomic E-state index is 5.46. The van der Waals surface area contributed by atoms with Gasteiger partial charge in [-0.25, -0.2) is 0 Å². The lowest BCUT2D eigenvalue weighted by Gasteiger charge is -1.98. The third kappa shape index (κ3) is 2.20. The van der Waals surface area contributed by atoms with Crippen molar-refractivity contribution in [3.05, 3.63) is 29.6 Å². The molecule has 0 aliphatic rings. The van der Waals surface area contributed by atoms with Crippen LogP contribution in [0.5, 0.6) is 0 Å². The van der Waals surface area contributed by atoms with E-state index in [0.717, 1.165) is 6.42 Å². The van der Waals surface area contributed by atoms with Crippen molar-refractivity contribution in [3.63, 3.8) is 0 Å². The Morgan fingerprint density at radius 3 is 3.00 bits per heavy atom. The first-order valence-corrected chi connectivity index (χ1v) is 4.06. The molecule has 0 bridgehead atoms. The molecule has 3 heteroatoms. The first-order chi connectivity index (χ1) is 5.74. The molecule has 1 aromatic rings. The van der Waals surface area contributed by atoms with Crippen molar-refractivity contribution in [3.8, 4) is 0 Å². The first kappa shape index (κ1) is 9.00. The molecule has 0 aromatic carbocycles. The molecule has 0 spiro atoms. The summed E-state index contributed by atoms with van der Waals surface area (Å²) in [6.07, 6.45) is 4.86. The van der Waals surface area contributed by atoms with Crippen LogP contribution in [0, 0.1) is 0 Å². The molecule has 12 heavy (non-hydrogen) atoms. The van der Waals surface area contributed by atoms with Crippen LogP contribution in [-0.4, -0.2) is 16.3 Å². The van der Waals surface area contributed by atoms with Gasteiger partial charge in [0.15, 0.2) is 0 Å². The fraction of sp³-hybridized carbons (Fsp3) is 0.444. The smallest absolute Gasteiger partial charge is 0.0492 e. The summed E-state index contributed by atoms with van der Waals surface area (Å²) in [5, 5.41) is 4.08. The Kier molecular flexibility index (Phi) is 3.05. The lowest BCUT2D eigenvalue weighted by atomic mass is 10.2. The maximum absolute atomic E-state index is 5.46. The highest BCUT2D eigenvalue weighted by atomic mass is 15.2. The lowest BCUT2D eigenvalue weighted by molar-refractivity contribution is 0.726. The number of hydrogen-bond donors (Lipinski definition) is 1. The normalized spacial score (nSPS) is 12.1. The van der Waals surface area contributed by atoms with E-state index in [0.29, 0.717) is 6.54 Å². The van der Waals surface area contributed by atoms with E-state index in [2.05, 4.69) is 11.2 Å². The second kappa shape index (κ2) is 4.07. The number of allylic oxidation sites excluding steroid dienone is 1. The van der Waals surface area contributed by atoms with E-state index in [9.17, 15) is 0 Å². The molecule has 2 N–H and O–H groups in total. The van der Waals surface area contributed by atoms with Crippen molar-refractivity contribution in [1.29, 1.82) is 0 Å². The van der Waals surface area contributed by atoms with Crippen LogP contribution in [0.4, 0.5) is 0 Å². The molecule has 0 radical (unpaired) electrons. The van der Waals surface area contributed by atoms with Crippen molar-refractivity contribution >= 4 is 0 Å². The van der Waals surface area contributed by atoms with Crippen LogP contribution in [0.3, 0.4) is 0 Å². The van der Waals surface area contributed by atoms with E-state index in [1.165, 1.54) is 11.3 Å². The van der Waals surface area contributed by atoms with E-state index in [-0.39, 0.29) is 0 Å². The highest BCUT2D eigenvalue weighted by Crippen LogP contribution is 2.00. The van der Waals surface area contributed by atoms with E-state index in [1.807, 2.05) is 24.7 Å². The van der Waals surface area contributed by atoms with Crippen molar-refractivity contribution < 1.29 is 0 Å². The Balaban J connectivity index is 2.59. The molecule has 0 atom stereocenters. The molecular weight excluding hydrogens is 150 g/mol. The zero-order valence-electron chi connectivity index (χ0n) is 7.62. The van der Waals surface area contributed by atoms with Crippen molar-refractivity contribution in [2.75, 3.05) is 6.54 Å². The Morgan fingerprint density at radius 1 is 1.75 bits per heavy atom. The number of aryl methyl sites for hydroxylation is 1. The van der Waals surface area contributed by atoms with Gasteiger partial charge < -0.3 is 5.73 Å². The van der Waals surface area contributed by atoms with E-state index in [1.54, 1.807) is 6.20 Å². The zero-order chi connectivity index (χ0) is 8.97. The summed E-state index contributed by atoms with van der Waals surface area (Å²) in [4.78, 5) is 0. The number of nitrogens with two attached hydrogens (primary N) is 1. The van der Waals surface area contributed by atoms with Gasteiger partial charge in [0.2, 0.25) is 0 Å². The first-order valence-electron chi connectivity index (χ1n) is 4.06. The predicted molar refractivity (Wildman–Crippen MR) is 49.7 cm³/mol. The average Bonchev–Trinajstić information content (AvgIpc) is 2.47. The molecule has 0 saturated carbocycles. The van der Waals surface area contributed by atoms with Crippen LogP contribution in [0.25, 0.3) is 0 Å². The molecule has 1 heterocycles. The summed E-state index contributed by atoms with van der Waals surface area (Å²) in [5.74, 6) is 0. The number of rotatable bonds is 3. The van der Waals surface area contributed by atoms with Gasteiger partial charge in [0.25, 0.3) is 0 Å². The van der Waals surface area contributed by atoms with Gasteiger partial charge in [-0.1, -0.05) is 11.6 Å². The Hall–Kier alpha value is -1.09. The highest BCUT2D eigenvalue weighted by Gasteiger charge is 1.94. The van der Waals surface area contributed by atoms with Gasteiger partial charge in [0.1, 0.15) is 0 Å². The second-order valence-electron chi connectivity index (χ2n) is 2.90. The lowest BCUT2D eigenvalue weighted by Crippen LogP contribution is -2.01. The van der Waals surface area contributed by atoms with Gasteiger partial charge in [-0.2, -0.15) is 5.10 Å². The average molecular weight is 165 g/mol. The summed E-state index contributed by atoms with van der Waals surface area (Å²) in [6, 6.07) is 2.01. The summed E-state index contributed by atoms with van der Waals surface area (Å²) < 4.78 is 1.88. The van der Waals surface area contributed by atoms with Gasteiger partial charge >= 0.3 is 0 Å². The second-order valence-corrected chi connectivity index (χ2v) is 2.90. The molecule has 0 fully saturated rings. The summed E-state index contributed by atoms with van der Waals surface area (Å²) in [6.45, 7) is 2.67. The van der Waals surface area contributed by atoms with E-state index >= 15 is 0 Å². The highest BCUT2D eigenvalue weighted by molar-refractivity contribution is 5.09. The fourth-order valence-corrected chi connectivity index (χ4v) is 0.964. The van der Waals surface area contributed by atoms with Crippen molar-refractivity contribution in [1.82, 2.24) is 9.78 Å². The van der Waals surface area contributed by atoms with Gasteiger partial charge in [0.05, 0.1) is 0 Å². The molecule has 0 amide bonds. The molecule has 1 aromatic heterocycles. The number of aromatic nitrogens is 2. The van der Waals surface area contributed by atoms with Crippen LogP contribution in [0.15, 0.2) is 23.9 Å². The summed E-state index contributed by atoms with van der Waals surface area (Å²) in [7, 11) is 1.95. The monoisotopic (exact) mass is 165 g/mol. The van der Waals surface area contributed by atoms with Crippen LogP contribution in [0.2, 0.25) is 0 Å².